The zero-order chi connectivity index (χ0) is 86.2. The first-order valence-electron chi connectivity index (χ1n) is 41.2. The Morgan fingerprint density at radius 3 is 1.12 bits per heavy atom. The van der Waals surface area contributed by atoms with Gasteiger partial charge in [0.05, 0.1) is 54.9 Å². The largest absolute Gasteiger partial charge is 0.435 e. The topological polar surface area (TPSA) is 312 Å². The molecule has 7 N–H and O–H groups in total. The zero-order valence-corrected chi connectivity index (χ0v) is 69.4. The molecule has 124 heavy (non-hydrogen) atoms. The average Bonchev–Trinajstić information content (AvgIpc) is 1.52. The summed E-state index contributed by atoms with van der Waals surface area (Å²) in [4.78, 5) is 98.5. The number of fused-ring (bicyclic) bond motifs is 3. The molecule has 0 unspecified atom stereocenters. The maximum atomic E-state index is 15.4. The third kappa shape index (κ3) is 19.0. The van der Waals surface area contributed by atoms with Crippen LogP contribution in [0.2, 0.25) is 0 Å². The summed E-state index contributed by atoms with van der Waals surface area (Å²) in [6, 6.07) is 26.9. The van der Waals surface area contributed by atoms with Crippen molar-refractivity contribution in [1.82, 2.24) is 84.6 Å². The Kier molecular flexibility index (Phi) is 25.8. The molecule has 0 atom stereocenters. The SMILES string of the molecule is CCN1CCN(c2ccc(Nc3ncnc(Oc4cc(F)c5[nH]c(C)cc5c4F)c3C(=O)N3CCOCC3)cc2)CC1.Cc1cc2c(F)c(Oc3ncnc(Nc4ccc(N5CCN(C)CC5)cc4)c3C(=O)N3CCOCC3)cc(F)c2[nH]1.Cc1cc2c(F)c(Oc3ncnc(Nc4ccc(N5CCNCC5)cn4)c3C(=O)N3CCN(C)CC3)cc(F)c2[nH]1. The molecule has 37 heteroatoms. The minimum atomic E-state index is -0.762. The van der Waals surface area contributed by atoms with Crippen LogP contribution in [0.1, 0.15) is 55.1 Å². The monoisotopic (exact) mass is 1700 g/mol. The van der Waals surface area contributed by atoms with Crippen LogP contribution >= 0.6 is 0 Å². The number of morpholine rings is 2. The number of aryl methyl sites for hydroxylation is 3. The second-order valence-electron chi connectivity index (χ2n) is 31.0. The van der Waals surface area contributed by atoms with Crippen LogP contribution in [0.4, 0.5) is 78.1 Å². The van der Waals surface area contributed by atoms with Crippen LogP contribution in [-0.2, 0) is 9.47 Å². The van der Waals surface area contributed by atoms with Crippen molar-refractivity contribution < 1.29 is 64.4 Å². The quantitative estimate of drug-likeness (QED) is 0.0370. The lowest BCUT2D eigenvalue weighted by atomic mass is 10.2. The maximum Gasteiger partial charge on any atom is 0.263 e. The molecule has 0 saturated carbocycles. The van der Waals surface area contributed by atoms with Gasteiger partial charge in [-0.3, -0.25) is 14.4 Å². The van der Waals surface area contributed by atoms with Gasteiger partial charge < -0.3 is 104 Å². The van der Waals surface area contributed by atoms with Crippen LogP contribution in [0, 0.1) is 55.7 Å². The van der Waals surface area contributed by atoms with Crippen LogP contribution in [0.25, 0.3) is 32.7 Å². The average molecular weight is 1700 g/mol. The van der Waals surface area contributed by atoms with Crippen LogP contribution in [0.5, 0.6) is 34.9 Å². The number of nitrogens with one attached hydrogen (secondary N) is 7. The summed E-state index contributed by atoms with van der Waals surface area (Å²) >= 11 is 0. The molecule has 12 aromatic rings. The predicted molar refractivity (Wildman–Crippen MR) is 458 cm³/mol. The number of carbonyl (C=O) groups excluding carboxylic acids is 3. The maximum absolute atomic E-state index is 15.4. The van der Waals surface area contributed by atoms with E-state index in [0.29, 0.717) is 113 Å². The van der Waals surface area contributed by atoms with Gasteiger partial charge in [0.15, 0.2) is 69.6 Å². The number of amides is 3. The molecule has 6 saturated heterocycles. The Labute approximate surface area is 710 Å². The van der Waals surface area contributed by atoms with E-state index in [1.54, 1.807) is 47.7 Å². The molecule has 18 rings (SSSR count). The van der Waals surface area contributed by atoms with Crippen LogP contribution in [0.3, 0.4) is 0 Å². The highest BCUT2D eigenvalue weighted by Gasteiger charge is 2.34. The number of nitrogens with zero attached hydrogens (tertiary/aromatic N) is 16. The summed E-state index contributed by atoms with van der Waals surface area (Å²) in [5.74, 6) is -6.21. The highest BCUT2D eigenvalue weighted by molar-refractivity contribution is 6.04. The molecule has 0 bridgehead atoms. The van der Waals surface area contributed by atoms with Crippen molar-refractivity contribution in [1.29, 1.82) is 0 Å². The molecule has 13 heterocycles. The molecule has 0 radical (unpaired) electrons. The predicted octanol–water partition coefficient (Wildman–Crippen LogP) is 12.3. The van der Waals surface area contributed by atoms with Gasteiger partial charge >= 0.3 is 0 Å². The van der Waals surface area contributed by atoms with Crippen LogP contribution in [-0.4, -0.2) is 275 Å². The number of hydrogen-bond acceptors (Lipinski definition) is 25. The number of anilines is 9. The Hall–Kier alpha value is -12.9. The van der Waals surface area contributed by atoms with E-state index in [4.69, 9.17) is 23.7 Å². The number of aromatic nitrogens is 10. The van der Waals surface area contributed by atoms with Crippen LogP contribution < -0.4 is 50.2 Å². The number of piperazine rings is 4. The van der Waals surface area contributed by atoms with E-state index in [9.17, 15) is 27.6 Å². The Bertz CT molecular complexity index is 5830. The van der Waals surface area contributed by atoms with Crippen molar-refractivity contribution in [2.45, 2.75) is 27.7 Å². The van der Waals surface area contributed by atoms with Gasteiger partial charge in [-0.15, -0.1) is 0 Å². The van der Waals surface area contributed by atoms with E-state index in [-0.39, 0.29) is 108 Å². The third-order valence-corrected chi connectivity index (χ3v) is 22.6. The number of ether oxygens (including phenoxy) is 5. The number of carbonyl (C=O) groups is 3. The van der Waals surface area contributed by atoms with E-state index < -0.39 is 46.7 Å². The minimum Gasteiger partial charge on any atom is -0.435 e. The number of benzene rings is 5. The fraction of sp³-hybridized carbons (Fsp3) is 0.356. The molecule has 7 aromatic heterocycles. The second kappa shape index (κ2) is 37.8. The highest BCUT2D eigenvalue weighted by atomic mass is 19.1. The second-order valence-corrected chi connectivity index (χ2v) is 31.0. The molecule has 648 valence electrons. The first kappa shape index (κ1) is 84.7. The van der Waals surface area contributed by atoms with Gasteiger partial charge in [0.2, 0.25) is 17.6 Å². The van der Waals surface area contributed by atoms with Crippen molar-refractivity contribution in [2.75, 3.05) is 209 Å². The van der Waals surface area contributed by atoms with Gasteiger partial charge in [-0.25, -0.2) is 61.2 Å². The fourth-order valence-electron chi connectivity index (χ4n) is 15.6. The molecule has 31 nitrogen and oxygen atoms in total. The first-order valence-corrected chi connectivity index (χ1v) is 41.2. The third-order valence-electron chi connectivity index (χ3n) is 22.6. The van der Waals surface area contributed by atoms with Gasteiger partial charge in [0.1, 0.15) is 41.5 Å². The molecule has 0 spiro atoms. The van der Waals surface area contributed by atoms with E-state index in [1.807, 2.05) is 61.6 Å². The Balaban J connectivity index is 0.000000137. The number of H-pyrrole nitrogens is 3. The summed E-state index contributed by atoms with van der Waals surface area (Å²) in [6.07, 6.45) is 5.42. The van der Waals surface area contributed by atoms with Crippen molar-refractivity contribution in [3.05, 3.63) is 191 Å². The lowest BCUT2D eigenvalue weighted by Crippen LogP contribution is -2.47. The van der Waals surface area contributed by atoms with Gasteiger partial charge in [0, 0.05) is 205 Å². The summed E-state index contributed by atoms with van der Waals surface area (Å²) in [6.45, 7) is 25.1. The summed E-state index contributed by atoms with van der Waals surface area (Å²) in [5, 5.41) is 13.0. The molecule has 5 aromatic carbocycles. The molecule has 6 aliphatic rings. The van der Waals surface area contributed by atoms with E-state index >= 15 is 13.2 Å². The Morgan fingerprint density at radius 2 is 0.750 bits per heavy atom. The summed E-state index contributed by atoms with van der Waals surface area (Å²) < 4.78 is 119. The van der Waals surface area contributed by atoms with Gasteiger partial charge in [0.25, 0.3) is 17.7 Å². The fourth-order valence-corrected chi connectivity index (χ4v) is 15.6. The first-order chi connectivity index (χ1) is 60.1. The lowest BCUT2D eigenvalue weighted by Gasteiger charge is -2.35. The van der Waals surface area contributed by atoms with Gasteiger partial charge in [-0.05, 0) is 120 Å². The molecule has 6 aliphatic heterocycles. The number of halogens is 6. The molecule has 6 fully saturated rings. The number of likely N-dealkylation sites (N-methyl/N-ethyl adjacent to an activating group) is 3. The Morgan fingerprint density at radius 1 is 0.403 bits per heavy atom. The van der Waals surface area contributed by atoms with Crippen molar-refractivity contribution >= 4 is 102 Å². The summed E-state index contributed by atoms with van der Waals surface area (Å²) in [7, 11) is 4.10. The van der Waals surface area contributed by atoms with Crippen LogP contribution in [0.15, 0.2) is 122 Å². The van der Waals surface area contributed by atoms with Crippen molar-refractivity contribution in [2.24, 2.45) is 0 Å². The van der Waals surface area contributed by atoms with Gasteiger partial charge in [-0.1, -0.05) is 6.92 Å². The van der Waals surface area contributed by atoms with Crippen molar-refractivity contribution in [3.8, 4) is 34.9 Å². The normalized spacial score (nSPS) is 16.3. The van der Waals surface area contributed by atoms with E-state index in [2.05, 4.69) is 114 Å². The van der Waals surface area contributed by atoms with E-state index in [1.165, 1.54) is 37.2 Å². The number of hydrogen-bond donors (Lipinski definition) is 7. The standard InChI is InChI=1S/C30H33F2N7O3.C29H31F2N7O3.C28H31F2N9O2/c1-3-37-8-10-38(11-9-37)21-6-4-20(5-7-21)36-28-25(30(40)39-12-14-41-15-13-39)29(34-18-33-28)42-24-17-23(31)27-22(26(24)32)16-19(2)35-27;1-18-15-21-25(31)23(16-22(30)26(21)34-18)41-28-24(29(39)38-11-13-40-14-12-38)27(32-17-33-28)35-19-3-5-20(6-4-19)37-9-7-36(2)8-10-37;1-17-13-19-24(30)21(14-20(29)25(19)35-17)41-27-23(28(40)39-11-9-37(2)10-12-39)26(33-16-34-27)36-22-4-3-18(15-32-22)38-7-5-31-6-8-38/h4-7,16-18,35H,3,8-15H2,1-2H3,(H,33,34,36);3-6,15-17,34H,7-14H2,1-2H3,(H,32,33,35);3-4,13-16,31,35H,5-12H2,1-2H3,(H,32,33,34,36). The minimum absolute atomic E-state index is 0.00943. The molecule has 3 amide bonds. The zero-order valence-electron chi connectivity index (χ0n) is 69.4. The molecule has 0 aliphatic carbocycles. The molecular formula is C87H95F6N23O8. The summed E-state index contributed by atoms with van der Waals surface area (Å²) in [5.41, 5.74) is 6.59. The van der Waals surface area contributed by atoms with Crippen molar-refractivity contribution in [3.63, 3.8) is 0 Å². The number of pyridine rings is 1. The lowest BCUT2D eigenvalue weighted by molar-refractivity contribution is 0.0299. The van der Waals surface area contributed by atoms with E-state index in [0.717, 1.165) is 120 Å². The highest BCUT2D eigenvalue weighted by Crippen LogP contribution is 2.41. The molecular weight excluding hydrogens is 1610 g/mol. The number of rotatable bonds is 19. The smallest absolute Gasteiger partial charge is 0.263 e. The van der Waals surface area contributed by atoms with Gasteiger partial charge in [-0.2, -0.15) is 0 Å². The number of aromatic amines is 3.